The maximum absolute atomic E-state index is 12.2. The van der Waals surface area contributed by atoms with Crippen LogP contribution < -0.4 is 11.1 Å². The summed E-state index contributed by atoms with van der Waals surface area (Å²) in [6.45, 7) is 10.7. The first-order valence-corrected chi connectivity index (χ1v) is 8.16. The van der Waals surface area contributed by atoms with Gasteiger partial charge >= 0.3 is 0 Å². The molecule has 2 aliphatic carbocycles. The van der Waals surface area contributed by atoms with Crippen LogP contribution >= 0.6 is 0 Å². The zero-order valence-electron chi connectivity index (χ0n) is 13.5. The number of hydrogen-bond acceptors (Lipinski definition) is 3. The lowest BCUT2D eigenvalue weighted by atomic mass is 9.90. The molecule has 2 saturated carbocycles. The molecule has 2 fully saturated rings. The maximum atomic E-state index is 12.2. The predicted molar refractivity (Wildman–Crippen MR) is 82.4 cm³/mol. The van der Waals surface area contributed by atoms with E-state index in [1.54, 1.807) is 0 Å². The number of carbonyl (C=O) groups is 1. The van der Waals surface area contributed by atoms with Crippen LogP contribution in [0.2, 0.25) is 0 Å². The van der Waals surface area contributed by atoms with Gasteiger partial charge in [0.15, 0.2) is 0 Å². The van der Waals surface area contributed by atoms with E-state index in [0.717, 1.165) is 25.9 Å². The van der Waals surface area contributed by atoms with Crippen LogP contribution in [-0.4, -0.2) is 41.5 Å². The van der Waals surface area contributed by atoms with Crippen LogP contribution in [0, 0.1) is 11.8 Å². The molecule has 0 spiro atoms. The highest BCUT2D eigenvalue weighted by molar-refractivity contribution is 5.86. The van der Waals surface area contributed by atoms with Crippen molar-refractivity contribution in [1.82, 2.24) is 10.2 Å². The van der Waals surface area contributed by atoms with Crippen molar-refractivity contribution in [3.63, 3.8) is 0 Å². The molecule has 1 unspecified atom stereocenters. The SMILES string of the molecule is CC(C)CN(CC(NC1CC1)(C(N)=O)C1CC1)C(C)C. The van der Waals surface area contributed by atoms with Crippen molar-refractivity contribution in [3.8, 4) is 0 Å². The molecule has 116 valence electrons. The molecule has 0 aromatic rings. The van der Waals surface area contributed by atoms with Crippen LogP contribution in [0.1, 0.15) is 53.4 Å². The van der Waals surface area contributed by atoms with Crippen molar-refractivity contribution in [3.05, 3.63) is 0 Å². The van der Waals surface area contributed by atoms with E-state index in [0.29, 0.717) is 23.9 Å². The summed E-state index contributed by atoms with van der Waals surface area (Å²) in [7, 11) is 0. The molecule has 4 nitrogen and oxygen atoms in total. The summed E-state index contributed by atoms with van der Waals surface area (Å²) in [6.07, 6.45) is 4.65. The van der Waals surface area contributed by atoms with Crippen molar-refractivity contribution in [2.75, 3.05) is 13.1 Å². The van der Waals surface area contributed by atoms with E-state index in [-0.39, 0.29) is 5.91 Å². The fraction of sp³-hybridized carbons (Fsp3) is 0.938. The number of rotatable bonds is 9. The van der Waals surface area contributed by atoms with E-state index < -0.39 is 5.54 Å². The van der Waals surface area contributed by atoms with Crippen LogP contribution in [0.3, 0.4) is 0 Å². The topological polar surface area (TPSA) is 58.4 Å². The van der Waals surface area contributed by atoms with Gasteiger partial charge < -0.3 is 5.73 Å². The average molecular weight is 281 g/mol. The lowest BCUT2D eigenvalue weighted by molar-refractivity contribution is -0.126. The summed E-state index contributed by atoms with van der Waals surface area (Å²) >= 11 is 0. The van der Waals surface area contributed by atoms with Crippen LogP contribution in [0.25, 0.3) is 0 Å². The first-order valence-electron chi connectivity index (χ1n) is 8.16. The Kier molecular flexibility index (Phi) is 4.75. The second kappa shape index (κ2) is 6.02. The quantitative estimate of drug-likeness (QED) is 0.677. The largest absolute Gasteiger partial charge is 0.368 e. The van der Waals surface area contributed by atoms with Crippen molar-refractivity contribution < 1.29 is 4.79 Å². The Balaban J connectivity index is 2.13. The Hall–Kier alpha value is -0.610. The molecule has 0 aromatic heterocycles. The summed E-state index contributed by atoms with van der Waals surface area (Å²) in [5.74, 6) is 0.887. The highest BCUT2D eigenvalue weighted by atomic mass is 16.1. The maximum Gasteiger partial charge on any atom is 0.239 e. The number of primary amides is 1. The molecule has 20 heavy (non-hydrogen) atoms. The monoisotopic (exact) mass is 281 g/mol. The summed E-state index contributed by atoms with van der Waals surface area (Å²) < 4.78 is 0. The van der Waals surface area contributed by atoms with E-state index in [2.05, 4.69) is 37.9 Å². The molecule has 0 saturated heterocycles. The molecule has 0 radical (unpaired) electrons. The Morgan fingerprint density at radius 3 is 2.20 bits per heavy atom. The fourth-order valence-electron chi connectivity index (χ4n) is 3.06. The lowest BCUT2D eigenvalue weighted by Gasteiger charge is -2.40. The van der Waals surface area contributed by atoms with Gasteiger partial charge in [-0.3, -0.25) is 15.0 Å². The number of nitrogens with two attached hydrogens (primary N) is 1. The smallest absolute Gasteiger partial charge is 0.239 e. The number of hydrogen-bond donors (Lipinski definition) is 2. The highest BCUT2D eigenvalue weighted by Gasteiger charge is 2.52. The average Bonchev–Trinajstić information content (AvgIpc) is 3.19. The Morgan fingerprint density at radius 2 is 1.85 bits per heavy atom. The first kappa shape index (κ1) is 15.8. The van der Waals surface area contributed by atoms with Crippen LogP contribution in [0.15, 0.2) is 0 Å². The van der Waals surface area contributed by atoms with Gasteiger partial charge in [0.2, 0.25) is 5.91 Å². The predicted octanol–water partition coefficient (Wildman–Crippen LogP) is 1.74. The molecule has 0 bridgehead atoms. The van der Waals surface area contributed by atoms with Crippen molar-refractivity contribution in [2.24, 2.45) is 17.6 Å². The zero-order valence-corrected chi connectivity index (χ0v) is 13.5. The Bertz CT molecular complexity index is 348. The summed E-state index contributed by atoms with van der Waals surface area (Å²) in [6, 6.07) is 0.951. The van der Waals surface area contributed by atoms with Crippen LogP contribution in [0.5, 0.6) is 0 Å². The molecule has 2 rings (SSSR count). The molecular weight excluding hydrogens is 250 g/mol. The minimum Gasteiger partial charge on any atom is -0.368 e. The molecule has 2 aliphatic rings. The molecule has 0 aliphatic heterocycles. The van der Waals surface area contributed by atoms with Gasteiger partial charge in [0.05, 0.1) is 0 Å². The molecule has 4 heteroatoms. The molecule has 0 heterocycles. The number of nitrogens with zero attached hydrogens (tertiary/aromatic N) is 1. The first-order chi connectivity index (χ1) is 9.35. The van der Waals surface area contributed by atoms with Gasteiger partial charge in [-0.25, -0.2) is 0 Å². The van der Waals surface area contributed by atoms with Crippen LogP contribution in [0.4, 0.5) is 0 Å². The standard InChI is InChI=1S/C16H31N3O/c1-11(2)9-19(12(3)4)10-16(15(17)20,13-5-6-13)18-14-7-8-14/h11-14,18H,5-10H2,1-4H3,(H2,17,20). The minimum atomic E-state index is -0.500. The third-order valence-electron chi connectivity index (χ3n) is 4.54. The summed E-state index contributed by atoms with van der Waals surface area (Å²) in [5.41, 5.74) is 5.34. The second-order valence-electron chi connectivity index (χ2n) is 7.45. The molecular formula is C16H31N3O. The third-order valence-corrected chi connectivity index (χ3v) is 4.54. The second-order valence-corrected chi connectivity index (χ2v) is 7.45. The van der Waals surface area contributed by atoms with Crippen molar-refractivity contribution in [2.45, 2.75) is 71.0 Å². The van der Waals surface area contributed by atoms with Gasteiger partial charge in [-0.05, 0) is 51.4 Å². The number of carbonyl (C=O) groups excluding carboxylic acids is 1. The fourth-order valence-corrected chi connectivity index (χ4v) is 3.06. The van der Waals surface area contributed by atoms with E-state index in [1.165, 1.54) is 12.8 Å². The molecule has 0 aromatic carbocycles. The van der Waals surface area contributed by atoms with Gasteiger partial charge in [0.1, 0.15) is 5.54 Å². The van der Waals surface area contributed by atoms with Gasteiger partial charge in [-0.15, -0.1) is 0 Å². The molecule has 1 atom stereocenters. The van der Waals surface area contributed by atoms with E-state index in [4.69, 9.17) is 5.73 Å². The van der Waals surface area contributed by atoms with E-state index in [1.807, 2.05) is 0 Å². The zero-order chi connectivity index (χ0) is 14.9. The van der Waals surface area contributed by atoms with Crippen LogP contribution in [-0.2, 0) is 4.79 Å². The third kappa shape index (κ3) is 3.73. The van der Waals surface area contributed by atoms with Crippen molar-refractivity contribution >= 4 is 5.91 Å². The summed E-state index contributed by atoms with van der Waals surface area (Å²) in [4.78, 5) is 14.7. The number of amides is 1. The molecule has 3 N–H and O–H groups in total. The van der Waals surface area contributed by atoms with E-state index >= 15 is 0 Å². The van der Waals surface area contributed by atoms with E-state index in [9.17, 15) is 4.79 Å². The minimum absolute atomic E-state index is 0.152. The lowest BCUT2D eigenvalue weighted by Crippen LogP contribution is -2.64. The number of nitrogens with one attached hydrogen (secondary N) is 1. The normalized spacial score (nSPS) is 22.6. The Morgan fingerprint density at radius 1 is 1.25 bits per heavy atom. The van der Waals surface area contributed by atoms with Gasteiger partial charge in [0.25, 0.3) is 0 Å². The summed E-state index contributed by atoms with van der Waals surface area (Å²) in [5, 5.41) is 3.61. The van der Waals surface area contributed by atoms with Gasteiger partial charge in [-0.2, -0.15) is 0 Å². The molecule has 1 amide bonds. The Labute approximate surface area is 123 Å². The highest BCUT2D eigenvalue weighted by Crippen LogP contribution is 2.42. The van der Waals surface area contributed by atoms with Gasteiger partial charge in [-0.1, -0.05) is 13.8 Å². The van der Waals surface area contributed by atoms with Crippen molar-refractivity contribution in [1.29, 1.82) is 0 Å². The van der Waals surface area contributed by atoms with Gasteiger partial charge in [0, 0.05) is 25.2 Å².